The summed E-state index contributed by atoms with van der Waals surface area (Å²) in [5, 5.41) is 0. The van der Waals surface area contributed by atoms with Crippen molar-refractivity contribution in [1.82, 2.24) is 0 Å². The first kappa shape index (κ1) is 15.8. The standard InChI is InChI=1S/C21H20O4/c1-21(2)11-10-15-18(25-21)9-8-16-19(22)17(12-24-20(15)16)13-4-6-14(23-3)7-5-13/h4-11,17H,12H2,1-3H3. The highest BCUT2D eigenvalue weighted by Crippen LogP contribution is 2.43. The average molecular weight is 336 g/mol. The number of hydrogen-bond acceptors (Lipinski definition) is 4. The van der Waals surface area contributed by atoms with Crippen LogP contribution in [0.5, 0.6) is 17.2 Å². The van der Waals surface area contributed by atoms with Gasteiger partial charge in [0.2, 0.25) is 0 Å². The lowest BCUT2D eigenvalue weighted by Gasteiger charge is -2.31. The van der Waals surface area contributed by atoms with Crippen LogP contribution in [0.25, 0.3) is 6.08 Å². The van der Waals surface area contributed by atoms with Gasteiger partial charge in [-0.3, -0.25) is 4.79 Å². The maximum atomic E-state index is 13.0. The van der Waals surface area contributed by atoms with Gasteiger partial charge in [-0.25, -0.2) is 0 Å². The zero-order chi connectivity index (χ0) is 17.6. The molecule has 0 saturated heterocycles. The second kappa shape index (κ2) is 5.66. The van der Waals surface area contributed by atoms with E-state index < -0.39 is 0 Å². The van der Waals surface area contributed by atoms with Crippen molar-refractivity contribution in [2.75, 3.05) is 13.7 Å². The van der Waals surface area contributed by atoms with Gasteiger partial charge in [-0.2, -0.15) is 0 Å². The highest BCUT2D eigenvalue weighted by atomic mass is 16.5. The number of methoxy groups -OCH3 is 1. The van der Waals surface area contributed by atoms with Gasteiger partial charge < -0.3 is 14.2 Å². The van der Waals surface area contributed by atoms with Gasteiger partial charge in [-0.05, 0) is 55.8 Å². The van der Waals surface area contributed by atoms with E-state index in [1.165, 1.54) is 0 Å². The lowest BCUT2D eigenvalue weighted by Crippen LogP contribution is -2.30. The SMILES string of the molecule is COc1ccc(C2COc3c(ccc4c3C=CC(C)(C)O4)C2=O)cc1. The maximum Gasteiger partial charge on any atom is 0.177 e. The molecule has 2 aromatic carbocycles. The molecule has 0 N–H and O–H groups in total. The molecule has 4 rings (SSSR count). The molecule has 4 nitrogen and oxygen atoms in total. The minimum absolute atomic E-state index is 0.0763. The van der Waals surface area contributed by atoms with E-state index in [9.17, 15) is 4.79 Å². The highest BCUT2D eigenvalue weighted by Gasteiger charge is 2.34. The summed E-state index contributed by atoms with van der Waals surface area (Å²) in [6.07, 6.45) is 3.97. The van der Waals surface area contributed by atoms with Crippen LogP contribution in [0.1, 0.15) is 41.3 Å². The van der Waals surface area contributed by atoms with Crippen LogP contribution in [0.4, 0.5) is 0 Å². The largest absolute Gasteiger partial charge is 0.497 e. The average Bonchev–Trinajstić information content (AvgIpc) is 2.61. The van der Waals surface area contributed by atoms with Gasteiger partial charge in [-0.1, -0.05) is 12.1 Å². The molecule has 1 atom stereocenters. The molecule has 0 bridgehead atoms. The Morgan fingerprint density at radius 1 is 1.12 bits per heavy atom. The fourth-order valence-electron chi connectivity index (χ4n) is 3.29. The van der Waals surface area contributed by atoms with E-state index in [4.69, 9.17) is 14.2 Å². The van der Waals surface area contributed by atoms with Gasteiger partial charge in [0, 0.05) is 0 Å². The third-order valence-electron chi connectivity index (χ3n) is 4.67. The molecule has 0 amide bonds. The van der Waals surface area contributed by atoms with Crippen LogP contribution in [-0.2, 0) is 0 Å². The Kier molecular flexibility index (Phi) is 3.57. The summed E-state index contributed by atoms with van der Waals surface area (Å²) in [5.74, 6) is 1.92. The molecule has 25 heavy (non-hydrogen) atoms. The van der Waals surface area contributed by atoms with Gasteiger partial charge in [-0.15, -0.1) is 0 Å². The number of fused-ring (bicyclic) bond motifs is 3. The summed E-state index contributed by atoms with van der Waals surface area (Å²) in [4.78, 5) is 13.0. The fourth-order valence-corrected chi connectivity index (χ4v) is 3.29. The zero-order valence-electron chi connectivity index (χ0n) is 14.5. The number of ether oxygens (including phenoxy) is 3. The molecule has 1 unspecified atom stereocenters. The summed E-state index contributed by atoms with van der Waals surface area (Å²) in [5.41, 5.74) is 2.03. The maximum absolute atomic E-state index is 13.0. The zero-order valence-corrected chi connectivity index (χ0v) is 14.5. The van der Waals surface area contributed by atoms with Gasteiger partial charge in [0.25, 0.3) is 0 Å². The number of hydrogen-bond donors (Lipinski definition) is 0. The van der Waals surface area contributed by atoms with Crippen LogP contribution in [0.2, 0.25) is 0 Å². The Morgan fingerprint density at radius 3 is 2.60 bits per heavy atom. The van der Waals surface area contributed by atoms with Crippen molar-refractivity contribution in [1.29, 1.82) is 0 Å². The van der Waals surface area contributed by atoms with E-state index in [0.29, 0.717) is 17.9 Å². The third kappa shape index (κ3) is 2.68. The van der Waals surface area contributed by atoms with Crippen LogP contribution in [-0.4, -0.2) is 25.1 Å². The molecule has 2 aromatic rings. The predicted molar refractivity (Wildman–Crippen MR) is 95.7 cm³/mol. The molecule has 2 aliphatic heterocycles. The van der Waals surface area contributed by atoms with E-state index in [1.807, 2.05) is 56.3 Å². The van der Waals surface area contributed by atoms with E-state index in [2.05, 4.69) is 0 Å². The van der Waals surface area contributed by atoms with E-state index >= 15 is 0 Å². The molecule has 0 saturated carbocycles. The third-order valence-corrected chi connectivity index (χ3v) is 4.67. The van der Waals surface area contributed by atoms with Crippen molar-refractivity contribution in [3.63, 3.8) is 0 Å². The molecule has 0 radical (unpaired) electrons. The number of ketones is 1. The monoisotopic (exact) mass is 336 g/mol. The first-order valence-electron chi connectivity index (χ1n) is 8.35. The molecule has 0 aliphatic carbocycles. The summed E-state index contributed by atoms with van der Waals surface area (Å²) < 4.78 is 17.1. The number of rotatable bonds is 2. The Bertz CT molecular complexity index is 862. The summed E-state index contributed by atoms with van der Waals surface area (Å²) in [6.45, 7) is 4.32. The number of Topliss-reactive ketones (excluding diaryl/α,β-unsaturated/α-hetero) is 1. The Balaban J connectivity index is 1.70. The van der Waals surface area contributed by atoms with Crippen molar-refractivity contribution < 1.29 is 19.0 Å². The second-order valence-electron chi connectivity index (χ2n) is 6.89. The van der Waals surface area contributed by atoms with Crippen LogP contribution in [0.15, 0.2) is 42.5 Å². The number of carbonyl (C=O) groups is 1. The van der Waals surface area contributed by atoms with Crippen molar-refractivity contribution in [3.8, 4) is 17.2 Å². The molecule has 2 aliphatic rings. The topological polar surface area (TPSA) is 44.8 Å². The van der Waals surface area contributed by atoms with Crippen LogP contribution < -0.4 is 14.2 Å². The molecule has 4 heteroatoms. The smallest absolute Gasteiger partial charge is 0.177 e. The minimum Gasteiger partial charge on any atom is -0.497 e. The minimum atomic E-state index is -0.356. The van der Waals surface area contributed by atoms with Gasteiger partial charge in [0.1, 0.15) is 29.5 Å². The lowest BCUT2D eigenvalue weighted by atomic mass is 9.87. The van der Waals surface area contributed by atoms with Crippen molar-refractivity contribution in [3.05, 3.63) is 59.2 Å². The summed E-state index contributed by atoms with van der Waals surface area (Å²) in [6, 6.07) is 11.2. The molecule has 0 aromatic heterocycles. The van der Waals surface area contributed by atoms with E-state index in [1.54, 1.807) is 13.2 Å². The highest BCUT2D eigenvalue weighted by molar-refractivity contribution is 6.05. The molecular weight excluding hydrogens is 316 g/mol. The molecule has 0 spiro atoms. The molecule has 2 heterocycles. The predicted octanol–water partition coefficient (Wildman–Crippen LogP) is 4.24. The van der Waals surface area contributed by atoms with E-state index in [-0.39, 0.29) is 17.3 Å². The number of carbonyl (C=O) groups excluding carboxylic acids is 1. The second-order valence-corrected chi connectivity index (χ2v) is 6.89. The van der Waals surface area contributed by atoms with Crippen molar-refractivity contribution >= 4 is 11.9 Å². The quantitative estimate of drug-likeness (QED) is 0.823. The van der Waals surface area contributed by atoms with E-state index in [0.717, 1.165) is 22.6 Å². The van der Waals surface area contributed by atoms with Gasteiger partial charge in [0.05, 0.1) is 24.2 Å². The first-order valence-corrected chi connectivity index (χ1v) is 8.35. The summed E-state index contributed by atoms with van der Waals surface area (Å²) in [7, 11) is 1.63. The first-order chi connectivity index (χ1) is 12.0. The van der Waals surface area contributed by atoms with Gasteiger partial charge >= 0.3 is 0 Å². The Morgan fingerprint density at radius 2 is 1.88 bits per heavy atom. The summed E-state index contributed by atoms with van der Waals surface area (Å²) >= 11 is 0. The Hall–Kier alpha value is -2.75. The fraction of sp³-hybridized carbons (Fsp3) is 0.286. The van der Waals surface area contributed by atoms with Gasteiger partial charge in [0.15, 0.2) is 5.78 Å². The molecule has 128 valence electrons. The molecular formula is C21H20O4. The van der Waals surface area contributed by atoms with Crippen LogP contribution in [0, 0.1) is 0 Å². The van der Waals surface area contributed by atoms with Crippen LogP contribution in [0.3, 0.4) is 0 Å². The normalized spacial score (nSPS) is 20.1. The van der Waals surface area contributed by atoms with Crippen molar-refractivity contribution in [2.24, 2.45) is 0 Å². The number of benzene rings is 2. The molecule has 0 fully saturated rings. The lowest BCUT2D eigenvalue weighted by molar-refractivity contribution is 0.0894. The van der Waals surface area contributed by atoms with Crippen molar-refractivity contribution in [2.45, 2.75) is 25.4 Å². The Labute approximate surface area is 147 Å². The van der Waals surface area contributed by atoms with Crippen LogP contribution >= 0.6 is 0 Å².